The van der Waals surface area contributed by atoms with Gasteiger partial charge in [0.25, 0.3) is 0 Å². The van der Waals surface area contributed by atoms with Gasteiger partial charge in [0, 0.05) is 0 Å². The van der Waals surface area contributed by atoms with Crippen molar-refractivity contribution in [2.45, 2.75) is 25.1 Å². The predicted molar refractivity (Wildman–Crippen MR) is 44.9 cm³/mol. The van der Waals surface area contributed by atoms with Crippen LogP contribution in [0.2, 0.25) is 0 Å². The van der Waals surface area contributed by atoms with E-state index in [1.807, 2.05) is 0 Å². The fourth-order valence-corrected chi connectivity index (χ4v) is 1.33. The molecule has 1 aromatic rings. The van der Waals surface area contributed by atoms with Crippen LogP contribution in [0.25, 0.3) is 0 Å². The molecule has 0 amide bonds. The van der Waals surface area contributed by atoms with Gasteiger partial charge < -0.3 is 4.74 Å². The van der Waals surface area contributed by atoms with Crippen molar-refractivity contribution < 1.29 is 35.5 Å². The van der Waals surface area contributed by atoms with Gasteiger partial charge in [-0.05, 0) is 12.8 Å². The number of rotatable bonds is 2. The molecule has 100 valence electrons. The first-order valence-corrected chi connectivity index (χ1v) is 4.83. The molecule has 1 aliphatic carbocycles. The Kier molecular flexibility index (Phi) is 2.90. The van der Waals surface area contributed by atoms with E-state index in [1.54, 1.807) is 0 Å². The topological polar surface area (TPSA) is 9.23 Å². The molecule has 0 aliphatic heterocycles. The predicted octanol–water partition coefficient (Wildman–Crippen LogP) is 3.80. The molecular weight excluding hydrogens is 269 g/mol. The van der Waals surface area contributed by atoms with Crippen LogP contribution in [0.5, 0.6) is 5.75 Å². The Morgan fingerprint density at radius 3 is 1.78 bits per heavy atom. The molecular formula is C10H5F7O. The highest BCUT2D eigenvalue weighted by Gasteiger charge is 2.44. The first kappa shape index (κ1) is 13.0. The largest absolute Gasteiger partial charge is 0.486 e. The zero-order valence-electron chi connectivity index (χ0n) is 8.55. The number of hydrogen-bond acceptors (Lipinski definition) is 1. The van der Waals surface area contributed by atoms with Crippen molar-refractivity contribution in [3.05, 3.63) is 28.8 Å². The van der Waals surface area contributed by atoms with Gasteiger partial charge in [-0.2, -0.15) is 17.6 Å². The average Bonchev–Trinajstić information content (AvgIpc) is 3.05. The molecule has 0 saturated heterocycles. The summed E-state index contributed by atoms with van der Waals surface area (Å²) in [5.41, 5.74) is -2.26. The molecule has 0 spiro atoms. The van der Waals surface area contributed by atoms with Crippen molar-refractivity contribution in [3.63, 3.8) is 0 Å². The molecule has 0 aromatic heterocycles. The van der Waals surface area contributed by atoms with Crippen molar-refractivity contribution in [3.8, 4) is 5.75 Å². The molecule has 0 heterocycles. The van der Waals surface area contributed by atoms with Gasteiger partial charge in [0.15, 0.2) is 17.4 Å². The summed E-state index contributed by atoms with van der Waals surface area (Å²) in [6, 6.07) is 0. The maximum atomic E-state index is 13.2. The minimum atomic E-state index is -5.39. The molecule has 0 bridgehead atoms. The summed E-state index contributed by atoms with van der Waals surface area (Å²) in [4.78, 5) is 0. The van der Waals surface area contributed by atoms with Crippen LogP contribution >= 0.6 is 0 Å². The van der Waals surface area contributed by atoms with Gasteiger partial charge in [-0.25, -0.2) is 13.2 Å². The van der Waals surface area contributed by atoms with Crippen LogP contribution in [0.15, 0.2) is 0 Å². The number of ether oxygens (including phenoxy) is 1. The molecule has 1 aromatic carbocycles. The monoisotopic (exact) mass is 274 g/mol. The second-order valence-corrected chi connectivity index (χ2v) is 3.78. The van der Waals surface area contributed by atoms with Gasteiger partial charge in [0.2, 0.25) is 11.6 Å². The van der Waals surface area contributed by atoms with Crippen LogP contribution in [0.1, 0.15) is 18.4 Å². The molecule has 2 rings (SSSR count). The van der Waals surface area contributed by atoms with Crippen LogP contribution in [-0.2, 0) is 6.18 Å². The van der Waals surface area contributed by atoms with E-state index in [4.69, 9.17) is 0 Å². The minimum Gasteiger partial charge on any atom is -0.486 e. The summed E-state index contributed by atoms with van der Waals surface area (Å²) in [6.07, 6.45) is -5.43. The minimum absolute atomic E-state index is 0.345. The zero-order valence-corrected chi connectivity index (χ0v) is 8.55. The number of halogens is 7. The zero-order chi connectivity index (χ0) is 13.7. The van der Waals surface area contributed by atoms with E-state index < -0.39 is 46.9 Å². The smallest absolute Gasteiger partial charge is 0.423 e. The third kappa shape index (κ3) is 2.11. The first-order valence-electron chi connectivity index (χ1n) is 4.83. The molecule has 0 radical (unpaired) electrons. The summed E-state index contributed by atoms with van der Waals surface area (Å²) in [5.74, 6) is -11.1. The maximum absolute atomic E-state index is 13.2. The maximum Gasteiger partial charge on any atom is 0.423 e. The molecule has 18 heavy (non-hydrogen) atoms. The lowest BCUT2D eigenvalue weighted by Crippen LogP contribution is -2.17. The Labute approximate surface area is 96.2 Å². The Bertz CT molecular complexity index is 490. The van der Waals surface area contributed by atoms with E-state index in [1.165, 1.54) is 0 Å². The SMILES string of the molecule is Fc1c(F)c(F)c(C(F)(F)F)c(OC2CC2)c1F. The van der Waals surface area contributed by atoms with Crippen molar-refractivity contribution in [1.82, 2.24) is 0 Å². The highest BCUT2D eigenvalue weighted by molar-refractivity contribution is 5.40. The summed E-state index contributed by atoms with van der Waals surface area (Å²) in [6.45, 7) is 0. The molecule has 1 fully saturated rings. The second kappa shape index (κ2) is 4.03. The molecule has 1 saturated carbocycles. The Balaban J connectivity index is 2.66. The van der Waals surface area contributed by atoms with E-state index in [0.29, 0.717) is 12.8 Å². The first-order chi connectivity index (χ1) is 8.23. The van der Waals surface area contributed by atoms with Crippen LogP contribution in [0, 0.1) is 23.3 Å². The van der Waals surface area contributed by atoms with Gasteiger partial charge in [0.05, 0.1) is 6.10 Å². The quantitative estimate of drug-likeness (QED) is 0.453. The molecule has 1 aliphatic rings. The lowest BCUT2D eigenvalue weighted by Gasteiger charge is -2.16. The van der Waals surface area contributed by atoms with E-state index in [9.17, 15) is 30.7 Å². The molecule has 8 heteroatoms. The van der Waals surface area contributed by atoms with Gasteiger partial charge in [-0.1, -0.05) is 0 Å². The number of benzene rings is 1. The van der Waals surface area contributed by atoms with E-state index in [2.05, 4.69) is 4.74 Å². The summed E-state index contributed by atoms with van der Waals surface area (Å²) in [7, 11) is 0. The fourth-order valence-electron chi connectivity index (χ4n) is 1.33. The van der Waals surface area contributed by atoms with Crippen LogP contribution in [-0.4, -0.2) is 6.10 Å². The van der Waals surface area contributed by atoms with Gasteiger partial charge in [-0.3, -0.25) is 0 Å². The fraction of sp³-hybridized carbons (Fsp3) is 0.400. The van der Waals surface area contributed by atoms with E-state index >= 15 is 0 Å². The van der Waals surface area contributed by atoms with Crippen LogP contribution in [0.3, 0.4) is 0 Å². The lowest BCUT2D eigenvalue weighted by atomic mass is 10.1. The molecule has 0 N–H and O–H groups in total. The van der Waals surface area contributed by atoms with Crippen molar-refractivity contribution in [1.29, 1.82) is 0 Å². The Morgan fingerprint density at radius 2 is 1.33 bits per heavy atom. The van der Waals surface area contributed by atoms with Crippen LogP contribution in [0.4, 0.5) is 30.7 Å². The lowest BCUT2D eigenvalue weighted by molar-refractivity contribution is -0.142. The van der Waals surface area contributed by atoms with Gasteiger partial charge in [0.1, 0.15) is 5.56 Å². The summed E-state index contributed by atoms with van der Waals surface area (Å²) in [5, 5.41) is 0. The Morgan fingerprint density at radius 1 is 0.833 bits per heavy atom. The molecule has 0 atom stereocenters. The number of hydrogen-bond donors (Lipinski definition) is 0. The van der Waals surface area contributed by atoms with Crippen molar-refractivity contribution >= 4 is 0 Å². The van der Waals surface area contributed by atoms with Crippen molar-refractivity contribution in [2.75, 3.05) is 0 Å². The third-order valence-corrected chi connectivity index (χ3v) is 2.32. The number of alkyl halides is 3. The van der Waals surface area contributed by atoms with Crippen LogP contribution < -0.4 is 4.74 Å². The second-order valence-electron chi connectivity index (χ2n) is 3.78. The van der Waals surface area contributed by atoms with E-state index in [0.717, 1.165) is 0 Å². The summed E-state index contributed by atoms with van der Waals surface area (Å²) < 4.78 is 93.9. The standard InChI is InChI=1S/C10H5F7O/c11-5-4(10(15,16)17)9(18-3-1-2-3)8(14)7(13)6(5)12/h3H,1-2H2. The Hall–Kier alpha value is -1.47. The van der Waals surface area contributed by atoms with Gasteiger partial charge in [-0.15, -0.1) is 0 Å². The van der Waals surface area contributed by atoms with E-state index in [-0.39, 0.29) is 0 Å². The average molecular weight is 274 g/mol. The van der Waals surface area contributed by atoms with Crippen molar-refractivity contribution in [2.24, 2.45) is 0 Å². The highest BCUT2D eigenvalue weighted by atomic mass is 19.4. The molecule has 0 unspecified atom stereocenters. The van der Waals surface area contributed by atoms with Gasteiger partial charge >= 0.3 is 6.18 Å². The normalized spacial score (nSPS) is 15.9. The highest BCUT2D eigenvalue weighted by Crippen LogP contribution is 2.43. The molecule has 1 nitrogen and oxygen atoms in total. The third-order valence-electron chi connectivity index (χ3n) is 2.32. The summed E-state index contributed by atoms with van der Waals surface area (Å²) >= 11 is 0.